The van der Waals surface area contributed by atoms with E-state index in [2.05, 4.69) is 26.1 Å². The normalized spacial score (nSPS) is 24.6. The van der Waals surface area contributed by atoms with Gasteiger partial charge in [-0.15, -0.1) is 0 Å². The average Bonchev–Trinajstić information content (AvgIpc) is 2.76. The van der Waals surface area contributed by atoms with Crippen molar-refractivity contribution in [2.75, 3.05) is 13.2 Å². The lowest BCUT2D eigenvalue weighted by atomic mass is 9.95. The summed E-state index contributed by atoms with van der Waals surface area (Å²) in [5.41, 5.74) is 0. The first-order valence-electron chi connectivity index (χ1n) is 7.07. The summed E-state index contributed by atoms with van der Waals surface area (Å²) >= 11 is 0. The zero-order chi connectivity index (χ0) is 11.8. The molecule has 0 bridgehead atoms. The van der Waals surface area contributed by atoms with Crippen molar-refractivity contribution in [3.8, 4) is 0 Å². The number of hydrogen-bond acceptors (Lipinski definition) is 2. The monoisotopic (exact) mass is 227 g/mol. The average molecular weight is 227 g/mol. The molecule has 3 unspecified atom stereocenters. The highest BCUT2D eigenvalue weighted by atomic mass is 16.5. The van der Waals surface area contributed by atoms with Crippen LogP contribution >= 0.6 is 0 Å². The van der Waals surface area contributed by atoms with Crippen molar-refractivity contribution in [3.05, 3.63) is 0 Å². The van der Waals surface area contributed by atoms with E-state index >= 15 is 0 Å². The second-order valence-corrected chi connectivity index (χ2v) is 5.41. The predicted octanol–water partition coefficient (Wildman–Crippen LogP) is 3.36. The highest BCUT2D eigenvalue weighted by molar-refractivity contribution is 4.69. The molecule has 16 heavy (non-hydrogen) atoms. The quantitative estimate of drug-likeness (QED) is 0.686. The van der Waals surface area contributed by atoms with E-state index in [-0.39, 0.29) is 0 Å². The van der Waals surface area contributed by atoms with Gasteiger partial charge in [0.1, 0.15) is 0 Å². The largest absolute Gasteiger partial charge is 0.378 e. The van der Waals surface area contributed by atoms with E-state index < -0.39 is 0 Å². The van der Waals surface area contributed by atoms with Crippen LogP contribution in [0.1, 0.15) is 59.3 Å². The Morgan fingerprint density at radius 1 is 1.38 bits per heavy atom. The molecule has 1 rings (SSSR count). The molecule has 2 heteroatoms. The molecule has 0 amide bonds. The molecule has 0 aliphatic carbocycles. The summed E-state index contributed by atoms with van der Waals surface area (Å²) in [6.45, 7) is 9.05. The second kappa shape index (κ2) is 8.08. The van der Waals surface area contributed by atoms with Crippen LogP contribution in [0.25, 0.3) is 0 Å². The molecule has 0 aromatic heterocycles. The van der Waals surface area contributed by atoms with E-state index in [0.29, 0.717) is 12.1 Å². The van der Waals surface area contributed by atoms with Gasteiger partial charge in [-0.25, -0.2) is 0 Å². The molecule has 0 spiro atoms. The van der Waals surface area contributed by atoms with Gasteiger partial charge in [-0.05, 0) is 57.9 Å². The van der Waals surface area contributed by atoms with Crippen LogP contribution in [0.2, 0.25) is 0 Å². The second-order valence-electron chi connectivity index (χ2n) is 5.41. The molecule has 0 aromatic carbocycles. The van der Waals surface area contributed by atoms with Crippen molar-refractivity contribution in [1.29, 1.82) is 0 Å². The summed E-state index contributed by atoms with van der Waals surface area (Å²) in [5.74, 6) is 0.823. The van der Waals surface area contributed by atoms with Gasteiger partial charge < -0.3 is 10.1 Å². The Balaban J connectivity index is 2.02. The van der Waals surface area contributed by atoms with Gasteiger partial charge in [-0.1, -0.05) is 13.8 Å². The maximum Gasteiger partial charge on any atom is 0.0576 e. The van der Waals surface area contributed by atoms with Crippen LogP contribution in [-0.4, -0.2) is 25.3 Å². The lowest BCUT2D eigenvalue weighted by Gasteiger charge is -2.19. The lowest BCUT2D eigenvalue weighted by molar-refractivity contribution is 0.0979. The molecule has 3 atom stereocenters. The molecule has 1 aliphatic heterocycles. The third-order valence-electron chi connectivity index (χ3n) is 3.50. The highest BCUT2D eigenvalue weighted by Crippen LogP contribution is 2.21. The summed E-state index contributed by atoms with van der Waals surface area (Å²) < 4.78 is 5.66. The van der Waals surface area contributed by atoms with E-state index in [1.54, 1.807) is 0 Å². The van der Waals surface area contributed by atoms with E-state index in [1.807, 2.05) is 0 Å². The van der Waals surface area contributed by atoms with Crippen molar-refractivity contribution in [3.63, 3.8) is 0 Å². The first-order chi connectivity index (χ1) is 7.72. The molecule has 1 fully saturated rings. The van der Waals surface area contributed by atoms with Gasteiger partial charge in [0.2, 0.25) is 0 Å². The third-order valence-corrected chi connectivity index (χ3v) is 3.50. The lowest BCUT2D eigenvalue weighted by Crippen LogP contribution is -2.28. The van der Waals surface area contributed by atoms with Gasteiger partial charge in [0.25, 0.3) is 0 Å². The van der Waals surface area contributed by atoms with Crippen molar-refractivity contribution >= 4 is 0 Å². The Bertz CT molecular complexity index is 166. The van der Waals surface area contributed by atoms with Crippen LogP contribution in [0.15, 0.2) is 0 Å². The highest BCUT2D eigenvalue weighted by Gasteiger charge is 2.17. The topological polar surface area (TPSA) is 21.3 Å². The van der Waals surface area contributed by atoms with Gasteiger partial charge in [0.05, 0.1) is 6.10 Å². The SMILES string of the molecule is CCCNC(C)CC(C)CCC1CCCO1. The summed E-state index contributed by atoms with van der Waals surface area (Å²) in [6, 6.07) is 0.666. The van der Waals surface area contributed by atoms with E-state index in [9.17, 15) is 0 Å². The van der Waals surface area contributed by atoms with Crippen molar-refractivity contribution in [2.24, 2.45) is 5.92 Å². The Morgan fingerprint density at radius 2 is 2.19 bits per heavy atom. The minimum Gasteiger partial charge on any atom is -0.378 e. The minimum atomic E-state index is 0.571. The van der Waals surface area contributed by atoms with Gasteiger partial charge in [0.15, 0.2) is 0 Å². The van der Waals surface area contributed by atoms with Gasteiger partial charge in [-0.3, -0.25) is 0 Å². The Labute approximate surface area is 101 Å². The van der Waals surface area contributed by atoms with Crippen LogP contribution in [0, 0.1) is 5.92 Å². The fourth-order valence-corrected chi connectivity index (χ4v) is 2.54. The van der Waals surface area contributed by atoms with Crippen LogP contribution < -0.4 is 5.32 Å². The number of rotatable bonds is 8. The molecule has 2 nitrogen and oxygen atoms in total. The summed E-state index contributed by atoms with van der Waals surface area (Å²) in [5, 5.41) is 3.56. The number of ether oxygens (including phenoxy) is 1. The zero-order valence-corrected chi connectivity index (χ0v) is 11.3. The molecular formula is C14H29NO. The molecule has 1 saturated heterocycles. The number of nitrogens with one attached hydrogen (secondary N) is 1. The van der Waals surface area contributed by atoms with E-state index in [4.69, 9.17) is 4.74 Å². The Hall–Kier alpha value is -0.0800. The predicted molar refractivity (Wildman–Crippen MR) is 69.7 cm³/mol. The van der Waals surface area contributed by atoms with Crippen molar-refractivity contribution in [2.45, 2.75) is 71.4 Å². The molecule has 96 valence electrons. The van der Waals surface area contributed by atoms with Crippen LogP contribution in [0.3, 0.4) is 0 Å². The third kappa shape index (κ3) is 5.86. The van der Waals surface area contributed by atoms with E-state index in [1.165, 1.54) is 38.5 Å². The molecule has 0 saturated carbocycles. The fourth-order valence-electron chi connectivity index (χ4n) is 2.54. The Kier molecular flexibility index (Phi) is 7.06. The molecule has 1 N–H and O–H groups in total. The van der Waals surface area contributed by atoms with Crippen LogP contribution in [0.5, 0.6) is 0 Å². The Morgan fingerprint density at radius 3 is 2.81 bits per heavy atom. The van der Waals surface area contributed by atoms with Gasteiger partial charge >= 0.3 is 0 Å². The maximum absolute atomic E-state index is 5.66. The summed E-state index contributed by atoms with van der Waals surface area (Å²) in [4.78, 5) is 0. The molecular weight excluding hydrogens is 198 g/mol. The smallest absolute Gasteiger partial charge is 0.0576 e. The van der Waals surface area contributed by atoms with Gasteiger partial charge in [-0.2, -0.15) is 0 Å². The standard InChI is InChI=1S/C14H29NO/c1-4-9-15-13(3)11-12(2)7-8-14-6-5-10-16-14/h12-15H,4-11H2,1-3H3. The van der Waals surface area contributed by atoms with Crippen LogP contribution in [-0.2, 0) is 4.74 Å². The van der Waals surface area contributed by atoms with E-state index in [0.717, 1.165) is 19.1 Å². The summed E-state index contributed by atoms with van der Waals surface area (Å²) in [6.07, 6.45) is 8.25. The molecule has 0 radical (unpaired) electrons. The molecule has 1 aliphatic rings. The van der Waals surface area contributed by atoms with Crippen LogP contribution in [0.4, 0.5) is 0 Å². The molecule has 1 heterocycles. The minimum absolute atomic E-state index is 0.571. The summed E-state index contributed by atoms with van der Waals surface area (Å²) in [7, 11) is 0. The zero-order valence-electron chi connectivity index (χ0n) is 11.3. The fraction of sp³-hybridized carbons (Fsp3) is 1.00. The van der Waals surface area contributed by atoms with Crippen molar-refractivity contribution in [1.82, 2.24) is 5.32 Å². The maximum atomic E-state index is 5.66. The first kappa shape index (κ1) is 14.0. The van der Waals surface area contributed by atoms with Crippen molar-refractivity contribution < 1.29 is 4.74 Å². The first-order valence-corrected chi connectivity index (χ1v) is 7.07. The van der Waals surface area contributed by atoms with Gasteiger partial charge in [0, 0.05) is 12.6 Å². The molecule has 0 aromatic rings. The number of hydrogen-bond donors (Lipinski definition) is 1.